The molecule has 1 rings (SSSR count). The molecule has 5 heteroatoms. The molecule has 4 nitrogen and oxygen atoms in total. The van der Waals surface area contributed by atoms with Gasteiger partial charge < -0.3 is 15.8 Å². The number of halogens is 1. The molecule has 0 bridgehead atoms. The van der Waals surface area contributed by atoms with Crippen molar-refractivity contribution in [2.24, 2.45) is 5.73 Å². The Hall–Kier alpha value is -1.62. The zero-order chi connectivity index (χ0) is 12.9. The van der Waals surface area contributed by atoms with Crippen LogP contribution >= 0.6 is 0 Å². The van der Waals surface area contributed by atoms with E-state index >= 15 is 0 Å². The van der Waals surface area contributed by atoms with Gasteiger partial charge in [0.25, 0.3) is 0 Å². The molecule has 0 saturated heterocycles. The van der Waals surface area contributed by atoms with Crippen LogP contribution in [0.1, 0.15) is 13.3 Å². The first-order chi connectivity index (χ1) is 7.98. The van der Waals surface area contributed by atoms with Crippen LogP contribution in [0.3, 0.4) is 0 Å². The van der Waals surface area contributed by atoms with Crippen LogP contribution in [0.5, 0.6) is 5.75 Å². The highest BCUT2D eigenvalue weighted by atomic mass is 19.1. The summed E-state index contributed by atoms with van der Waals surface area (Å²) in [6.07, 6.45) is 0.441. The van der Waals surface area contributed by atoms with Crippen LogP contribution in [0, 0.1) is 5.82 Å². The fraction of sp³-hybridized carbons (Fsp3) is 0.417. The van der Waals surface area contributed by atoms with Crippen LogP contribution in [0.15, 0.2) is 24.3 Å². The first kappa shape index (κ1) is 13.4. The van der Waals surface area contributed by atoms with Gasteiger partial charge in [-0.3, -0.25) is 4.79 Å². The lowest BCUT2D eigenvalue weighted by molar-refractivity contribution is -0.124. The van der Waals surface area contributed by atoms with Gasteiger partial charge >= 0.3 is 0 Å². The van der Waals surface area contributed by atoms with Gasteiger partial charge in [0, 0.05) is 6.42 Å². The number of carbonyl (C=O) groups excluding carboxylic acids is 1. The number of hydrogen-bond acceptors (Lipinski definition) is 3. The number of nitrogens with one attached hydrogen (secondary N) is 1. The van der Waals surface area contributed by atoms with Gasteiger partial charge in [0.15, 0.2) is 0 Å². The Balaban J connectivity index is 2.47. The normalized spacial score (nSPS) is 14.1. The quantitative estimate of drug-likeness (QED) is 0.781. The number of rotatable bonds is 6. The summed E-state index contributed by atoms with van der Waals surface area (Å²) in [5, 5.41) is 2.86. The summed E-state index contributed by atoms with van der Waals surface area (Å²) < 4.78 is 18.0. The fourth-order valence-corrected chi connectivity index (χ4v) is 1.28. The maximum Gasteiger partial charge on any atom is 0.237 e. The molecule has 0 aromatic heterocycles. The summed E-state index contributed by atoms with van der Waals surface area (Å²) in [6, 6.07) is 5.72. The number of benzene rings is 1. The second kappa shape index (κ2) is 5.63. The molecule has 0 saturated carbocycles. The van der Waals surface area contributed by atoms with Crippen molar-refractivity contribution in [1.82, 2.24) is 5.32 Å². The molecule has 0 heterocycles. The summed E-state index contributed by atoms with van der Waals surface area (Å²) in [5.74, 6) is -0.174. The number of hydrogen-bond donors (Lipinski definition) is 2. The molecule has 94 valence electrons. The van der Waals surface area contributed by atoms with E-state index < -0.39 is 11.4 Å². The first-order valence-electron chi connectivity index (χ1n) is 5.35. The molecular weight excluding hydrogens is 223 g/mol. The monoisotopic (exact) mass is 240 g/mol. The first-order valence-corrected chi connectivity index (χ1v) is 5.35. The van der Waals surface area contributed by atoms with Crippen molar-refractivity contribution in [1.29, 1.82) is 0 Å². The van der Waals surface area contributed by atoms with E-state index in [0.717, 1.165) is 0 Å². The van der Waals surface area contributed by atoms with Gasteiger partial charge in [-0.1, -0.05) is 0 Å². The minimum Gasteiger partial charge on any atom is -0.494 e. The van der Waals surface area contributed by atoms with Gasteiger partial charge in [0.1, 0.15) is 11.6 Å². The third-order valence-electron chi connectivity index (χ3n) is 2.78. The molecule has 0 radical (unpaired) electrons. The molecule has 0 spiro atoms. The van der Waals surface area contributed by atoms with Crippen molar-refractivity contribution in [3.8, 4) is 5.75 Å². The van der Waals surface area contributed by atoms with Crippen LogP contribution in [0.4, 0.5) is 4.39 Å². The number of primary amides is 1. The number of carbonyl (C=O) groups is 1. The zero-order valence-electron chi connectivity index (χ0n) is 10.00. The lowest BCUT2D eigenvalue weighted by Crippen LogP contribution is -2.52. The Bertz CT molecular complexity index is 381. The highest BCUT2D eigenvalue weighted by Gasteiger charge is 2.28. The predicted octanol–water partition coefficient (Wildman–Crippen LogP) is 1.06. The SMILES string of the molecule is CNC(C)(CCOc1ccc(F)cc1)C(N)=O. The third kappa shape index (κ3) is 3.71. The number of nitrogens with two attached hydrogens (primary N) is 1. The molecule has 17 heavy (non-hydrogen) atoms. The zero-order valence-corrected chi connectivity index (χ0v) is 10.00. The molecular formula is C12H17FN2O2. The summed E-state index contributed by atoms with van der Waals surface area (Å²) in [4.78, 5) is 11.2. The molecule has 1 aromatic carbocycles. The van der Waals surface area contributed by atoms with Crippen molar-refractivity contribution in [2.45, 2.75) is 18.9 Å². The van der Waals surface area contributed by atoms with Gasteiger partial charge in [0.2, 0.25) is 5.91 Å². The van der Waals surface area contributed by atoms with Gasteiger partial charge in [0.05, 0.1) is 12.1 Å². The third-order valence-corrected chi connectivity index (χ3v) is 2.78. The molecule has 1 unspecified atom stereocenters. The van der Waals surface area contributed by atoms with Crippen molar-refractivity contribution in [2.75, 3.05) is 13.7 Å². The second-order valence-electron chi connectivity index (χ2n) is 4.00. The summed E-state index contributed by atoms with van der Waals surface area (Å²) in [5.41, 5.74) is 4.48. The lowest BCUT2D eigenvalue weighted by Gasteiger charge is -2.25. The van der Waals surface area contributed by atoms with Gasteiger partial charge in [-0.25, -0.2) is 4.39 Å². The van der Waals surface area contributed by atoms with Crippen molar-refractivity contribution in [3.63, 3.8) is 0 Å². The average Bonchev–Trinajstić information content (AvgIpc) is 2.31. The van der Waals surface area contributed by atoms with E-state index in [1.54, 1.807) is 14.0 Å². The van der Waals surface area contributed by atoms with E-state index in [2.05, 4.69) is 5.32 Å². The van der Waals surface area contributed by atoms with Crippen molar-refractivity contribution >= 4 is 5.91 Å². The van der Waals surface area contributed by atoms with Crippen LogP contribution in [0.2, 0.25) is 0 Å². The molecule has 0 fully saturated rings. The largest absolute Gasteiger partial charge is 0.494 e. The number of ether oxygens (including phenoxy) is 1. The number of amides is 1. The van der Waals surface area contributed by atoms with Gasteiger partial charge in [-0.15, -0.1) is 0 Å². The Kier molecular flexibility index (Phi) is 4.45. The molecule has 1 atom stereocenters. The predicted molar refractivity (Wildman–Crippen MR) is 63.2 cm³/mol. The maximum atomic E-state index is 12.6. The Morgan fingerprint density at radius 2 is 2.06 bits per heavy atom. The highest BCUT2D eigenvalue weighted by molar-refractivity contribution is 5.84. The minimum atomic E-state index is -0.792. The smallest absolute Gasteiger partial charge is 0.237 e. The maximum absolute atomic E-state index is 12.6. The summed E-state index contributed by atoms with van der Waals surface area (Å²) in [7, 11) is 1.67. The van der Waals surface area contributed by atoms with Crippen molar-refractivity contribution < 1.29 is 13.9 Å². The molecule has 0 aliphatic heterocycles. The number of likely N-dealkylation sites (N-methyl/N-ethyl adjacent to an activating group) is 1. The topological polar surface area (TPSA) is 64.3 Å². The second-order valence-corrected chi connectivity index (χ2v) is 4.00. The molecule has 3 N–H and O–H groups in total. The Morgan fingerprint density at radius 3 is 2.53 bits per heavy atom. The van der Waals surface area contributed by atoms with Crippen LogP contribution < -0.4 is 15.8 Å². The Morgan fingerprint density at radius 1 is 1.47 bits per heavy atom. The molecule has 0 aliphatic carbocycles. The van der Waals surface area contributed by atoms with E-state index in [1.165, 1.54) is 24.3 Å². The van der Waals surface area contributed by atoms with E-state index in [-0.39, 0.29) is 5.82 Å². The van der Waals surface area contributed by atoms with E-state index in [1.807, 2.05) is 0 Å². The highest BCUT2D eigenvalue weighted by Crippen LogP contribution is 2.14. The lowest BCUT2D eigenvalue weighted by atomic mass is 9.98. The molecule has 0 aliphatic rings. The van der Waals surface area contributed by atoms with Gasteiger partial charge in [-0.05, 0) is 38.2 Å². The molecule has 1 amide bonds. The summed E-state index contributed by atoms with van der Waals surface area (Å²) >= 11 is 0. The van der Waals surface area contributed by atoms with Crippen LogP contribution in [-0.2, 0) is 4.79 Å². The van der Waals surface area contributed by atoms with E-state index in [4.69, 9.17) is 10.5 Å². The fourth-order valence-electron chi connectivity index (χ4n) is 1.28. The van der Waals surface area contributed by atoms with E-state index in [9.17, 15) is 9.18 Å². The minimum absolute atomic E-state index is 0.311. The van der Waals surface area contributed by atoms with Crippen molar-refractivity contribution in [3.05, 3.63) is 30.1 Å². The van der Waals surface area contributed by atoms with Crippen LogP contribution in [-0.4, -0.2) is 25.1 Å². The average molecular weight is 240 g/mol. The molecule has 1 aromatic rings. The van der Waals surface area contributed by atoms with Gasteiger partial charge in [-0.2, -0.15) is 0 Å². The van der Waals surface area contributed by atoms with Crippen LogP contribution in [0.25, 0.3) is 0 Å². The standard InChI is InChI=1S/C12H17FN2O2/c1-12(15-2,11(14)16)7-8-17-10-5-3-9(13)4-6-10/h3-6,15H,7-8H2,1-2H3,(H2,14,16). The Labute approximate surface area is 100.0 Å². The van der Waals surface area contributed by atoms with E-state index in [0.29, 0.717) is 18.8 Å². The summed E-state index contributed by atoms with van der Waals surface area (Å²) in [6.45, 7) is 2.04.